The maximum Gasteiger partial charge on any atom is 0 e. The molecule has 0 saturated heterocycles. The molecule has 0 amide bonds. The molecule has 6 heteroatoms. The van der Waals surface area contributed by atoms with Gasteiger partial charge in [0.05, 0.1) is 0 Å². The summed E-state index contributed by atoms with van der Waals surface area (Å²) in [6.45, 7) is 0. The topological polar surface area (TPSA) is 95.2 Å². The molecule has 4 nitrogen and oxygen atoms in total. The first-order valence-corrected chi connectivity index (χ1v) is 4.64. The Labute approximate surface area is 75.6 Å². The third kappa shape index (κ3) is 2.28. The molecular formula is C4N4PdPt. The van der Waals surface area contributed by atoms with Crippen molar-refractivity contribution in [3.63, 3.8) is 0 Å². The quantitative estimate of drug-likeness (QED) is 0.533. The minimum absolute atomic E-state index is 0. The Kier molecular flexibility index (Phi) is 6.16. The summed E-state index contributed by atoms with van der Waals surface area (Å²) >= 11 is -3.58. The first-order valence-electron chi connectivity index (χ1n) is 1.53. The van der Waals surface area contributed by atoms with E-state index in [1.807, 2.05) is 0 Å². The van der Waals surface area contributed by atoms with Crippen molar-refractivity contribution >= 4 is 0 Å². The summed E-state index contributed by atoms with van der Waals surface area (Å²) in [6.07, 6.45) is 0. The van der Waals surface area contributed by atoms with E-state index in [9.17, 15) is 0 Å². The van der Waals surface area contributed by atoms with Crippen LogP contribution in [0.4, 0.5) is 0 Å². The van der Waals surface area contributed by atoms with E-state index in [1.165, 1.54) is 18.2 Å². The fraction of sp³-hybridized carbons (Fsp3) is 0. The van der Waals surface area contributed by atoms with E-state index in [0.29, 0.717) is 0 Å². The fourth-order valence-electron chi connectivity index (χ4n) is 0.0949. The largest absolute Gasteiger partial charge is 0 e. The van der Waals surface area contributed by atoms with Crippen LogP contribution < -0.4 is 0 Å². The second kappa shape index (κ2) is 5.12. The average Bonchev–Trinajstić information content (AvgIpc) is 1.95. The minimum atomic E-state index is -3.58. The molecule has 0 spiro atoms. The van der Waals surface area contributed by atoms with Crippen LogP contribution in [0.3, 0.4) is 0 Å². The van der Waals surface area contributed by atoms with Gasteiger partial charge in [0.2, 0.25) is 0 Å². The van der Waals surface area contributed by atoms with Crippen LogP contribution in [0.25, 0.3) is 0 Å². The molecule has 0 aromatic heterocycles. The molecule has 0 saturated carbocycles. The summed E-state index contributed by atoms with van der Waals surface area (Å²) < 4.78 is 5.72. The van der Waals surface area contributed by atoms with Gasteiger partial charge in [0.25, 0.3) is 0 Å². The molecule has 0 unspecified atom stereocenters. The van der Waals surface area contributed by atoms with Gasteiger partial charge in [0.15, 0.2) is 0 Å². The Morgan fingerprint density at radius 3 is 0.900 bits per heavy atom. The van der Waals surface area contributed by atoms with Gasteiger partial charge in [-0.1, -0.05) is 0 Å². The van der Waals surface area contributed by atoms with E-state index in [-0.39, 0.29) is 21.1 Å². The Balaban J connectivity index is 0. The van der Waals surface area contributed by atoms with Crippen molar-refractivity contribution < 1.29 is 36.6 Å². The van der Waals surface area contributed by atoms with Crippen LogP contribution in [0.15, 0.2) is 0 Å². The maximum atomic E-state index is 8.13. The number of hydrogen-bond acceptors (Lipinski definition) is 4. The molecule has 56 valence electrons. The summed E-state index contributed by atoms with van der Waals surface area (Å²) in [5.41, 5.74) is 0. The normalized spacial score (nSPS) is 8.40. The average molecular weight is 406 g/mol. The number of nitriles is 4. The van der Waals surface area contributed by atoms with Crippen LogP contribution in [0, 0.1) is 39.2 Å². The second-order valence-electron chi connectivity index (χ2n) is 0.757. The van der Waals surface area contributed by atoms with Gasteiger partial charge in [-0.2, -0.15) is 0 Å². The van der Waals surface area contributed by atoms with E-state index >= 15 is 0 Å². The monoisotopic (exact) mass is 405 g/mol. The van der Waals surface area contributed by atoms with Crippen LogP contribution in [0.2, 0.25) is 0 Å². The molecule has 0 aliphatic carbocycles. The Hall–Kier alpha value is -0.689. The van der Waals surface area contributed by atoms with Crippen LogP contribution in [-0.4, -0.2) is 0 Å². The standard InChI is InChI=1S/4CN.Pd.Pt/c4*1-2;;. The van der Waals surface area contributed by atoms with E-state index < -0.39 is 15.5 Å². The minimum Gasteiger partial charge on any atom is 0 e. The summed E-state index contributed by atoms with van der Waals surface area (Å²) in [4.78, 5) is 0. The van der Waals surface area contributed by atoms with Gasteiger partial charge in [-0.3, -0.25) is 0 Å². The second-order valence-corrected chi connectivity index (χ2v) is 4.48. The molecule has 0 bridgehead atoms. The third-order valence-corrected chi connectivity index (χ3v) is 2.51. The van der Waals surface area contributed by atoms with Crippen molar-refractivity contribution in [2.45, 2.75) is 0 Å². The molecule has 0 aliphatic rings. The number of hydrogen-bond donors (Lipinski definition) is 0. The van der Waals surface area contributed by atoms with E-state index in [4.69, 9.17) is 21.0 Å². The molecule has 10 heavy (non-hydrogen) atoms. The zero-order valence-electron chi connectivity index (χ0n) is 4.42. The number of rotatable bonds is 0. The summed E-state index contributed by atoms with van der Waals surface area (Å²) in [5.74, 6) is 0. The number of nitrogens with zero attached hydrogens (tertiary/aromatic N) is 4. The zero-order valence-corrected chi connectivity index (χ0v) is 8.25. The third-order valence-electron chi connectivity index (χ3n) is 0.424. The fourth-order valence-corrected chi connectivity index (χ4v) is 0.561. The van der Waals surface area contributed by atoms with Crippen LogP contribution >= 0.6 is 0 Å². The molecule has 0 fully saturated rings. The molecular weight excluding hydrogens is 406 g/mol. The predicted octanol–water partition coefficient (Wildman–Crippen LogP) is 0.0621. The SMILES string of the molecule is N#[C][Pd]([C]#N)([C]#N)[C]#N.[Pt]. The first-order chi connectivity index (χ1) is 4.24. The van der Waals surface area contributed by atoms with Crippen molar-refractivity contribution in [1.82, 2.24) is 0 Å². The van der Waals surface area contributed by atoms with Crippen molar-refractivity contribution in [3.8, 4) is 18.2 Å². The summed E-state index contributed by atoms with van der Waals surface area (Å²) in [7, 11) is 0. The van der Waals surface area contributed by atoms with E-state index in [0.717, 1.165) is 0 Å². The van der Waals surface area contributed by atoms with Crippen LogP contribution in [-0.2, 0) is 36.6 Å². The van der Waals surface area contributed by atoms with Crippen molar-refractivity contribution in [3.05, 3.63) is 0 Å². The molecule has 0 aliphatic heterocycles. The predicted molar refractivity (Wildman–Crippen MR) is 22.5 cm³/mol. The van der Waals surface area contributed by atoms with Gasteiger partial charge in [0, 0.05) is 21.1 Å². The summed E-state index contributed by atoms with van der Waals surface area (Å²) in [6, 6.07) is 0. The van der Waals surface area contributed by atoms with E-state index in [1.54, 1.807) is 0 Å². The first kappa shape index (κ1) is 12.0. The van der Waals surface area contributed by atoms with Crippen molar-refractivity contribution in [2.24, 2.45) is 0 Å². The van der Waals surface area contributed by atoms with Gasteiger partial charge >= 0.3 is 54.8 Å². The van der Waals surface area contributed by atoms with Gasteiger partial charge < -0.3 is 0 Å². The van der Waals surface area contributed by atoms with Gasteiger partial charge in [-0.25, -0.2) is 0 Å². The molecule has 0 radical (unpaired) electrons. The van der Waals surface area contributed by atoms with Gasteiger partial charge in [-0.05, 0) is 0 Å². The van der Waals surface area contributed by atoms with Crippen LogP contribution in [0.1, 0.15) is 0 Å². The van der Waals surface area contributed by atoms with E-state index in [2.05, 4.69) is 0 Å². The maximum absolute atomic E-state index is 8.13. The van der Waals surface area contributed by atoms with Gasteiger partial charge in [-0.15, -0.1) is 0 Å². The van der Waals surface area contributed by atoms with Gasteiger partial charge in [0.1, 0.15) is 0 Å². The van der Waals surface area contributed by atoms with Crippen molar-refractivity contribution in [1.29, 1.82) is 21.0 Å². The molecule has 0 heterocycles. The summed E-state index contributed by atoms with van der Waals surface area (Å²) in [5, 5.41) is 32.5. The zero-order chi connectivity index (χ0) is 7.33. The smallest absolute Gasteiger partial charge is 0 e. The Morgan fingerprint density at radius 2 is 0.900 bits per heavy atom. The Bertz CT molecular complexity index is 210. The molecule has 0 aromatic rings. The van der Waals surface area contributed by atoms with Crippen LogP contribution in [0.5, 0.6) is 0 Å². The molecule has 0 rings (SSSR count). The molecule has 0 aromatic carbocycles. The molecule has 0 atom stereocenters. The van der Waals surface area contributed by atoms with Crippen molar-refractivity contribution in [2.75, 3.05) is 0 Å². The Morgan fingerprint density at radius 1 is 0.700 bits per heavy atom. The molecule has 0 N–H and O–H groups in total.